The summed E-state index contributed by atoms with van der Waals surface area (Å²) < 4.78 is 5.75. The van der Waals surface area contributed by atoms with Gasteiger partial charge in [0.15, 0.2) is 5.11 Å². The summed E-state index contributed by atoms with van der Waals surface area (Å²) in [5.74, 6) is 0.646. The quantitative estimate of drug-likeness (QED) is 0.366. The zero-order chi connectivity index (χ0) is 25.2. The van der Waals surface area contributed by atoms with Gasteiger partial charge in [-0.05, 0) is 73.9 Å². The van der Waals surface area contributed by atoms with Gasteiger partial charge in [0, 0.05) is 17.8 Å². The Balaban J connectivity index is 1.68. The van der Waals surface area contributed by atoms with E-state index in [-0.39, 0.29) is 16.9 Å². The first-order chi connectivity index (χ1) is 16.9. The SMILES string of the molecule is CCN(C(=O)c1ccccc1NC(=S)NC(=O)c1cccc(OCCC(C)C)c1)c1ccccc1. The molecule has 2 amide bonds. The third-order valence-electron chi connectivity index (χ3n) is 5.32. The van der Waals surface area contributed by atoms with E-state index >= 15 is 0 Å². The summed E-state index contributed by atoms with van der Waals surface area (Å²) in [4.78, 5) is 27.8. The average Bonchev–Trinajstić information content (AvgIpc) is 2.85. The van der Waals surface area contributed by atoms with Crippen LogP contribution < -0.4 is 20.3 Å². The van der Waals surface area contributed by atoms with Gasteiger partial charge in [-0.25, -0.2) is 0 Å². The molecular weight excluding hydrogens is 458 g/mol. The van der Waals surface area contributed by atoms with Gasteiger partial charge in [0.05, 0.1) is 17.9 Å². The highest BCUT2D eigenvalue weighted by Crippen LogP contribution is 2.22. The Hall–Kier alpha value is -3.71. The van der Waals surface area contributed by atoms with Gasteiger partial charge in [0.25, 0.3) is 11.8 Å². The second kappa shape index (κ2) is 12.7. The standard InChI is InChI=1S/C28H31N3O3S/c1-4-31(22-12-6-5-7-13-22)27(33)24-15-8-9-16-25(24)29-28(35)30-26(32)21-11-10-14-23(19-21)34-18-17-20(2)3/h5-16,19-20H,4,17-18H2,1-3H3,(H2,29,30,32,35). The van der Waals surface area contributed by atoms with Gasteiger partial charge in [-0.15, -0.1) is 0 Å². The fraction of sp³-hybridized carbons (Fsp3) is 0.250. The molecule has 182 valence electrons. The average molecular weight is 490 g/mol. The minimum atomic E-state index is -0.361. The van der Waals surface area contributed by atoms with Crippen LogP contribution in [0.3, 0.4) is 0 Å². The monoisotopic (exact) mass is 489 g/mol. The van der Waals surface area contributed by atoms with E-state index in [0.717, 1.165) is 12.1 Å². The maximum absolute atomic E-state index is 13.3. The smallest absolute Gasteiger partial charge is 0.260 e. The summed E-state index contributed by atoms with van der Waals surface area (Å²) in [6.07, 6.45) is 0.933. The molecule has 0 spiro atoms. The molecule has 0 aliphatic carbocycles. The van der Waals surface area contributed by atoms with E-state index in [0.29, 0.717) is 41.6 Å². The van der Waals surface area contributed by atoms with Crippen molar-refractivity contribution in [3.8, 4) is 5.75 Å². The van der Waals surface area contributed by atoms with Crippen molar-refractivity contribution in [3.05, 3.63) is 90.0 Å². The van der Waals surface area contributed by atoms with E-state index in [9.17, 15) is 9.59 Å². The molecule has 7 heteroatoms. The highest BCUT2D eigenvalue weighted by molar-refractivity contribution is 7.80. The van der Waals surface area contributed by atoms with Crippen LogP contribution >= 0.6 is 12.2 Å². The number of nitrogens with zero attached hydrogens (tertiary/aromatic N) is 1. The number of hydrogen-bond donors (Lipinski definition) is 2. The van der Waals surface area contributed by atoms with E-state index in [4.69, 9.17) is 17.0 Å². The number of ether oxygens (including phenoxy) is 1. The fourth-order valence-corrected chi connectivity index (χ4v) is 3.65. The Bertz CT molecular complexity index is 1160. The molecule has 0 unspecified atom stereocenters. The van der Waals surface area contributed by atoms with E-state index in [2.05, 4.69) is 24.5 Å². The van der Waals surface area contributed by atoms with Gasteiger partial charge in [0.1, 0.15) is 5.75 Å². The minimum Gasteiger partial charge on any atom is -0.494 e. The topological polar surface area (TPSA) is 70.7 Å². The molecule has 3 rings (SSSR count). The minimum absolute atomic E-state index is 0.101. The Labute approximate surface area is 212 Å². The number of amides is 2. The Morgan fingerprint density at radius 3 is 2.40 bits per heavy atom. The van der Waals surface area contributed by atoms with Crippen molar-refractivity contribution < 1.29 is 14.3 Å². The van der Waals surface area contributed by atoms with Crippen LogP contribution in [0.5, 0.6) is 5.75 Å². The third kappa shape index (κ3) is 7.39. The highest BCUT2D eigenvalue weighted by Gasteiger charge is 2.20. The lowest BCUT2D eigenvalue weighted by atomic mass is 10.1. The number of hydrogen-bond acceptors (Lipinski definition) is 4. The van der Waals surface area contributed by atoms with Gasteiger partial charge < -0.3 is 15.0 Å². The van der Waals surface area contributed by atoms with Crippen LogP contribution in [0.2, 0.25) is 0 Å². The van der Waals surface area contributed by atoms with Crippen LogP contribution in [0.4, 0.5) is 11.4 Å². The zero-order valence-electron chi connectivity index (χ0n) is 20.3. The maximum atomic E-state index is 13.3. The lowest BCUT2D eigenvalue weighted by molar-refractivity contribution is 0.0974. The van der Waals surface area contributed by atoms with Gasteiger partial charge >= 0.3 is 0 Å². The van der Waals surface area contributed by atoms with Crippen molar-refractivity contribution in [1.29, 1.82) is 0 Å². The predicted molar refractivity (Wildman–Crippen MR) is 145 cm³/mol. The summed E-state index contributed by atoms with van der Waals surface area (Å²) in [7, 11) is 0. The Kier molecular flexibility index (Phi) is 9.38. The third-order valence-corrected chi connectivity index (χ3v) is 5.53. The van der Waals surface area contributed by atoms with Crippen LogP contribution in [0.1, 0.15) is 47.9 Å². The molecular formula is C28H31N3O3S. The molecule has 0 bridgehead atoms. The first-order valence-electron chi connectivity index (χ1n) is 11.7. The predicted octanol–water partition coefficient (Wildman–Crippen LogP) is 5.91. The van der Waals surface area contributed by atoms with E-state index in [1.165, 1.54) is 0 Å². The normalized spacial score (nSPS) is 10.5. The number of anilines is 2. The van der Waals surface area contributed by atoms with E-state index in [1.807, 2.05) is 43.3 Å². The van der Waals surface area contributed by atoms with E-state index in [1.54, 1.807) is 47.4 Å². The molecule has 0 aliphatic heterocycles. The fourth-order valence-electron chi connectivity index (χ4n) is 3.44. The lowest BCUT2D eigenvalue weighted by Gasteiger charge is -2.23. The molecule has 3 aromatic rings. The van der Waals surface area contributed by atoms with Crippen molar-refractivity contribution in [2.75, 3.05) is 23.4 Å². The lowest BCUT2D eigenvalue weighted by Crippen LogP contribution is -2.35. The van der Waals surface area contributed by atoms with Crippen LogP contribution in [0, 0.1) is 5.92 Å². The van der Waals surface area contributed by atoms with Crippen LogP contribution in [-0.4, -0.2) is 30.1 Å². The van der Waals surface area contributed by atoms with Crippen molar-refractivity contribution in [2.45, 2.75) is 27.2 Å². The number of para-hydroxylation sites is 2. The molecule has 0 aliphatic rings. The molecule has 0 fully saturated rings. The molecule has 0 atom stereocenters. The van der Waals surface area contributed by atoms with Gasteiger partial charge in [-0.3, -0.25) is 14.9 Å². The summed E-state index contributed by atoms with van der Waals surface area (Å²) in [5, 5.41) is 5.79. The van der Waals surface area contributed by atoms with Crippen molar-refractivity contribution in [1.82, 2.24) is 5.32 Å². The molecule has 35 heavy (non-hydrogen) atoms. The zero-order valence-corrected chi connectivity index (χ0v) is 21.1. The number of thiocarbonyl (C=S) groups is 1. The summed E-state index contributed by atoms with van der Waals surface area (Å²) in [6, 6.07) is 23.6. The van der Waals surface area contributed by atoms with Crippen LogP contribution in [-0.2, 0) is 0 Å². The Morgan fingerprint density at radius 2 is 1.69 bits per heavy atom. The number of benzene rings is 3. The largest absolute Gasteiger partial charge is 0.494 e. The van der Waals surface area contributed by atoms with Crippen molar-refractivity contribution >= 4 is 40.5 Å². The van der Waals surface area contributed by atoms with Gasteiger partial charge in [-0.1, -0.05) is 50.2 Å². The van der Waals surface area contributed by atoms with E-state index < -0.39 is 0 Å². The highest BCUT2D eigenvalue weighted by atomic mass is 32.1. The number of carbonyl (C=O) groups excluding carboxylic acids is 2. The molecule has 0 saturated carbocycles. The summed E-state index contributed by atoms with van der Waals surface area (Å²) in [6.45, 7) is 7.29. The molecule has 6 nitrogen and oxygen atoms in total. The van der Waals surface area contributed by atoms with Gasteiger partial charge in [-0.2, -0.15) is 0 Å². The maximum Gasteiger partial charge on any atom is 0.260 e. The first kappa shape index (κ1) is 25.9. The molecule has 0 saturated heterocycles. The molecule has 0 aromatic heterocycles. The van der Waals surface area contributed by atoms with Crippen molar-refractivity contribution in [2.24, 2.45) is 5.92 Å². The summed E-state index contributed by atoms with van der Waals surface area (Å²) in [5.41, 5.74) is 2.21. The Morgan fingerprint density at radius 1 is 0.971 bits per heavy atom. The summed E-state index contributed by atoms with van der Waals surface area (Å²) >= 11 is 5.38. The number of rotatable bonds is 9. The van der Waals surface area contributed by atoms with Crippen LogP contribution in [0.15, 0.2) is 78.9 Å². The molecule has 3 aromatic carbocycles. The van der Waals surface area contributed by atoms with Crippen LogP contribution in [0.25, 0.3) is 0 Å². The van der Waals surface area contributed by atoms with Crippen molar-refractivity contribution in [3.63, 3.8) is 0 Å². The second-order valence-corrected chi connectivity index (χ2v) is 8.81. The first-order valence-corrected chi connectivity index (χ1v) is 12.1. The molecule has 0 heterocycles. The van der Waals surface area contributed by atoms with Gasteiger partial charge in [0.2, 0.25) is 0 Å². The second-order valence-electron chi connectivity index (χ2n) is 8.40. The molecule has 2 N–H and O–H groups in total. The number of carbonyl (C=O) groups is 2. The molecule has 0 radical (unpaired) electrons. The number of nitrogens with one attached hydrogen (secondary N) is 2.